The van der Waals surface area contributed by atoms with Crippen LogP contribution in [0.2, 0.25) is 0 Å². The largest absolute Gasteiger partial charge is 0.396 e. The zero-order chi connectivity index (χ0) is 14.1. The van der Waals surface area contributed by atoms with E-state index in [9.17, 15) is 4.39 Å². The van der Waals surface area contributed by atoms with Crippen LogP contribution in [0.5, 0.6) is 0 Å². The van der Waals surface area contributed by atoms with Crippen molar-refractivity contribution in [2.45, 2.75) is 6.92 Å². The monoisotopic (exact) mass is 267 g/mol. The third-order valence-electron chi connectivity index (χ3n) is 3.22. The number of nitrogens with two attached hydrogens (primary N) is 1. The Kier molecular flexibility index (Phi) is 2.99. The van der Waals surface area contributed by atoms with Gasteiger partial charge >= 0.3 is 0 Å². The zero-order valence-electron chi connectivity index (χ0n) is 11.0. The molecule has 3 nitrogen and oxygen atoms in total. The first-order chi connectivity index (χ1) is 9.65. The Hall–Kier alpha value is -2.62. The van der Waals surface area contributed by atoms with Crippen molar-refractivity contribution in [1.82, 2.24) is 9.78 Å². The van der Waals surface area contributed by atoms with E-state index in [1.807, 2.05) is 31.2 Å². The molecule has 3 aromatic rings. The van der Waals surface area contributed by atoms with Gasteiger partial charge in [0.15, 0.2) is 0 Å². The molecule has 0 amide bonds. The summed E-state index contributed by atoms with van der Waals surface area (Å²) in [5.41, 5.74) is 10.1. The van der Waals surface area contributed by atoms with Crippen LogP contribution in [0.15, 0.2) is 54.7 Å². The second kappa shape index (κ2) is 4.81. The van der Waals surface area contributed by atoms with E-state index in [0.29, 0.717) is 17.1 Å². The van der Waals surface area contributed by atoms with Crippen LogP contribution in [0.4, 0.5) is 10.1 Å². The van der Waals surface area contributed by atoms with Crippen molar-refractivity contribution in [3.63, 3.8) is 0 Å². The second-order valence-corrected chi connectivity index (χ2v) is 4.67. The number of aromatic nitrogens is 2. The first kappa shape index (κ1) is 12.4. The molecule has 3 rings (SSSR count). The standard InChI is InChI=1S/C16H14FN3/c1-11-5-2-3-8-14(11)16-15(18)10-20(19-16)13-7-4-6-12(17)9-13/h2-10H,18H2,1H3. The first-order valence-electron chi connectivity index (χ1n) is 6.32. The normalized spacial score (nSPS) is 10.7. The Morgan fingerprint density at radius 3 is 2.65 bits per heavy atom. The molecule has 4 heteroatoms. The minimum Gasteiger partial charge on any atom is -0.396 e. The Morgan fingerprint density at radius 1 is 1.10 bits per heavy atom. The number of halogens is 1. The van der Waals surface area contributed by atoms with Crippen molar-refractivity contribution in [3.8, 4) is 16.9 Å². The third-order valence-corrected chi connectivity index (χ3v) is 3.22. The molecule has 0 radical (unpaired) electrons. The van der Waals surface area contributed by atoms with Gasteiger partial charge in [-0.05, 0) is 30.7 Å². The Bertz CT molecular complexity index is 762. The Labute approximate surface area is 116 Å². The van der Waals surface area contributed by atoms with E-state index in [1.54, 1.807) is 23.0 Å². The molecular formula is C16H14FN3. The molecule has 0 bridgehead atoms. The number of anilines is 1. The van der Waals surface area contributed by atoms with E-state index >= 15 is 0 Å². The third kappa shape index (κ3) is 2.16. The predicted octanol–water partition coefficient (Wildman–Crippen LogP) is 3.57. The highest BCUT2D eigenvalue weighted by molar-refractivity contribution is 5.74. The number of nitrogens with zero attached hydrogens (tertiary/aromatic N) is 2. The van der Waals surface area contributed by atoms with Crippen LogP contribution in [-0.2, 0) is 0 Å². The number of aryl methyl sites for hydroxylation is 1. The van der Waals surface area contributed by atoms with Gasteiger partial charge in [-0.2, -0.15) is 5.10 Å². The molecule has 0 saturated heterocycles. The molecule has 0 saturated carbocycles. The molecule has 1 heterocycles. The molecule has 2 aromatic carbocycles. The minimum atomic E-state index is -0.297. The van der Waals surface area contributed by atoms with E-state index in [-0.39, 0.29) is 5.82 Å². The maximum atomic E-state index is 13.3. The van der Waals surface area contributed by atoms with Gasteiger partial charge in [-0.25, -0.2) is 9.07 Å². The average Bonchev–Trinajstić information content (AvgIpc) is 2.81. The van der Waals surface area contributed by atoms with E-state index in [2.05, 4.69) is 5.10 Å². The molecule has 0 atom stereocenters. The van der Waals surface area contributed by atoms with Gasteiger partial charge in [0.1, 0.15) is 11.5 Å². The molecule has 0 aliphatic heterocycles. The van der Waals surface area contributed by atoms with Gasteiger partial charge in [0.25, 0.3) is 0 Å². The maximum Gasteiger partial charge on any atom is 0.125 e. The molecule has 2 N–H and O–H groups in total. The van der Waals surface area contributed by atoms with E-state index in [1.165, 1.54) is 12.1 Å². The van der Waals surface area contributed by atoms with Crippen molar-refractivity contribution >= 4 is 5.69 Å². The summed E-state index contributed by atoms with van der Waals surface area (Å²) in [4.78, 5) is 0. The lowest BCUT2D eigenvalue weighted by molar-refractivity contribution is 0.625. The fourth-order valence-electron chi connectivity index (χ4n) is 2.19. The SMILES string of the molecule is Cc1ccccc1-c1nn(-c2cccc(F)c2)cc1N. The van der Waals surface area contributed by atoms with Crippen LogP contribution in [0, 0.1) is 12.7 Å². The number of hydrogen-bond acceptors (Lipinski definition) is 2. The smallest absolute Gasteiger partial charge is 0.125 e. The highest BCUT2D eigenvalue weighted by Crippen LogP contribution is 2.28. The fourth-order valence-corrected chi connectivity index (χ4v) is 2.19. The van der Waals surface area contributed by atoms with Gasteiger partial charge in [0.05, 0.1) is 17.6 Å². The maximum absolute atomic E-state index is 13.3. The van der Waals surface area contributed by atoms with Crippen LogP contribution < -0.4 is 5.73 Å². The lowest BCUT2D eigenvalue weighted by Gasteiger charge is -2.03. The summed E-state index contributed by atoms with van der Waals surface area (Å²) in [6.45, 7) is 2.01. The summed E-state index contributed by atoms with van der Waals surface area (Å²) < 4.78 is 14.9. The average molecular weight is 267 g/mol. The predicted molar refractivity (Wildman–Crippen MR) is 78.1 cm³/mol. The van der Waals surface area contributed by atoms with Crippen LogP contribution in [-0.4, -0.2) is 9.78 Å². The quantitative estimate of drug-likeness (QED) is 0.771. The van der Waals surface area contributed by atoms with Crippen LogP contribution in [0.1, 0.15) is 5.56 Å². The molecule has 0 aliphatic rings. The number of benzene rings is 2. The van der Waals surface area contributed by atoms with Crippen molar-refractivity contribution < 1.29 is 4.39 Å². The summed E-state index contributed by atoms with van der Waals surface area (Å²) in [7, 11) is 0. The van der Waals surface area contributed by atoms with Crippen LogP contribution in [0.25, 0.3) is 16.9 Å². The molecule has 1 aromatic heterocycles. The van der Waals surface area contributed by atoms with Crippen molar-refractivity contribution in [3.05, 3.63) is 66.1 Å². The van der Waals surface area contributed by atoms with E-state index in [0.717, 1.165) is 11.1 Å². The highest BCUT2D eigenvalue weighted by Gasteiger charge is 2.11. The lowest BCUT2D eigenvalue weighted by Crippen LogP contribution is -1.95. The zero-order valence-corrected chi connectivity index (χ0v) is 11.0. The summed E-state index contributed by atoms with van der Waals surface area (Å²) >= 11 is 0. The molecule has 0 aliphatic carbocycles. The summed E-state index contributed by atoms with van der Waals surface area (Å²) in [5, 5.41) is 4.48. The van der Waals surface area contributed by atoms with Crippen LogP contribution in [0.3, 0.4) is 0 Å². The molecule has 100 valence electrons. The van der Waals surface area contributed by atoms with Gasteiger partial charge in [-0.1, -0.05) is 30.3 Å². The van der Waals surface area contributed by atoms with Gasteiger partial charge in [0, 0.05) is 5.56 Å². The van der Waals surface area contributed by atoms with Gasteiger partial charge in [-0.3, -0.25) is 0 Å². The molecule has 20 heavy (non-hydrogen) atoms. The van der Waals surface area contributed by atoms with Gasteiger partial charge < -0.3 is 5.73 Å². The summed E-state index contributed by atoms with van der Waals surface area (Å²) in [6.07, 6.45) is 1.70. The molecule has 0 unspecified atom stereocenters. The highest BCUT2D eigenvalue weighted by atomic mass is 19.1. The molecular weight excluding hydrogens is 253 g/mol. The van der Waals surface area contributed by atoms with Gasteiger partial charge in [0.2, 0.25) is 0 Å². The first-order valence-corrected chi connectivity index (χ1v) is 6.32. The number of rotatable bonds is 2. The van der Waals surface area contributed by atoms with Crippen molar-refractivity contribution in [2.24, 2.45) is 0 Å². The number of hydrogen-bond donors (Lipinski definition) is 1. The lowest BCUT2D eigenvalue weighted by atomic mass is 10.1. The van der Waals surface area contributed by atoms with E-state index in [4.69, 9.17) is 5.73 Å². The fraction of sp³-hybridized carbons (Fsp3) is 0.0625. The minimum absolute atomic E-state index is 0.297. The Morgan fingerprint density at radius 2 is 1.90 bits per heavy atom. The number of nitrogen functional groups attached to an aromatic ring is 1. The van der Waals surface area contributed by atoms with E-state index < -0.39 is 0 Å². The molecule has 0 spiro atoms. The van der Waals surface area contributed by atoms with Crippen molar-refractivity contribution in [2.75, 3.05) is 5.73 Å². The van der Waals surface area contributed by atoms with Crippen LogP contribution >= 0.6 is 0 Å². The Balaban J connectivity index is 2.10. The van der Waals surface area contributed by atoms with Crippen molar-refractivity contribution in [1.29, 1.82) is 0 Å². The van der Waals surface area contributed by atoms with Gasteiger partial charge in [-0.15, -0.1) is 0 Å². The summed E-state index contributed by atoms with van der Waals surface area (Å²) in [5.74, 6) is -0.297. The molecule has 0 fully saturated rings. The second-order valence-electron chi connectivity index (χ2n) is 4.67. The topological polar surface area (TPSA) is 43.8 Å². The summed E-state index contributed by atoms with van der Waals surface area (Å²) in [6, 6.07) is 14.2.